The van der Waals surface area contributed by atoms with E-state index >= 15 is 0 Å². The first-order chi connectivity index (χ1) is 11.0. The molecule has 0 radical (unpaired) electrons. The van der Waals surface area contributed by atoms with Gasteiger partial charge in [-0.3, -0.25) is 9.59 Å². The van der Waals surface area contributed by atoms with Crippen molar-refractivity contribution < 1.29 is 14.0 Å². The maximum atomic E-state index is 12.9. The zero-order chi connectivity index (χ0) is 16.8. The molecule has 122 valence electrons. The number of carbonyl (C=O) groups excluding carboxylic acids is 2. The van der Waals surface area contributed by atoms with Crippen molar-refractivity contribution in [1.29, 1.82) is 0 Å². The van der Waals surface area contributed by atoms with E-state index in [1.807, 2.05) is 24.4 Å². The zero-order valence-electron chi connectivity index (χ0n) is 13.0. The summed E-state index contributed by atoms with van der Waals surface area (Å²) in [6.07, 6.45) is 0.158. The smallest absolute Gasteiger partial charge is 0.222 e. The largest absolute Gasteiger partial charge is 0.350 e. The fraction of sp³-hybridized carbons (Fsp3) is 0.294. The number of halogens is 1. The first-order valence-corrected chi connectivity index (χ1v) is 8.19. The van der Waals surface area contributed by atoms with Gasteiger partial charge in [-0.25, -0.2) is 4.39 Å². The summed E-state index contributed by atoms with van der Waals surface area (Å²) in [5.41, 5.74) is 0.826. The number of hydrogen-bond donors (Lipinski definition) is 2. The van der Waals surface area contributed by atoms with Gasteiger partial charge in [-0.2, -0.15) is 0 Å². The molecule has 0 fully saturated rings. The molecule has 1 aromatic carbocycles. The third-order valence-corrected chi connectivity index (χ3v) is 4.39. The first kappa shape index (κ1) is 17.1. The quantitative estimate of drug-likeness (QED) is 0.851. The van der Waals surface area contributed by atoms with Crippen molar-refractivity contribution in [2.24, 2.45) is 0 Å². The Morgan fingerprint density at radius 2 is 1.87 bits per heavy atom. The van der Waals surface area contributed by atoms with E-state index in [2.05, 4.69) is 10.6 Å². The lowest BCUT2D eigenvalue weighted by molar-refractivity contribution is -0.123. The van der Waals surface area contributed by atoms with Crippen molar-refractivity contribution in [3.63, 3.8) is 0 Å². The highest BCUT2D eigenvalue weighted by molar-refractivity contribution is 7.10. The fourth-order valence-corrected chi connectivity index (χ4v) is 3.06. The summed E-state index contributed by atoms with van der Waals surface area (Å²) in [6, 6.07) is 9.22. The Hall–Kier alpha value is -2.21. The van der Waals surface area contributed by atoms with E-state index in [4.69, 9.17) is 0 Å². The van der Waals surface area contributed by atoms with Gasteiger partial charge in [0.15, 0.2) is 0 Å². The molecule has 1 heterocycles. The average molecular weight is 334 g/mol. The van der Waals surface area contributed by atoms with Crippen LogP contribution in [-0.4, -0.2) is 11.8 Å². The highest BCUT2D eigenvalue weighted by Gasteiger charge is 2.19. The van der Waals surface area contributed by atoms with E-state index < -0.39 is 0 Å². The Morgan fingerprint density at radius 3 is 2.43 bits per heavy atom. The summed E-state index contributed by atoms with van der Waals surface area (Å²) in [4.78, 5) is 24.5. The molecule has 4 nitrogen and oxygen atoms in total. The highest BCUT2D eigenvalue weighted by Crippen LogP contribution is 2.22. The number of nitrogens with one attached hydrogen (secondary N) is 2. The Kier molecular flexibility index (Phi) is 5.87. The zero-order valence-corrected chi connectivity index (χ0v) is 13.8. The van der Waals surface area contributed by atoms with Gasteiger partial charge in [-0.05, 0) is 36.1 Å². The highest BCUT2D eigenvalue weighted by atomic mass is 32.1. The van der Waals surface area contributed by atoms with E-state index in [-0.39, 0.29) is 36.1 Å². The lowest BCUT2D eigenvalue weighted by Gasteiger charge is -2.19. The molecule has 0 aliphatic heterocycles. The Morgan fingerprint density at radius 1 is 1.17 bits per heavy atom. The van der Waals surface area contributed by atoms with Crippen molar-refractivity contribution in [3.8, 4) is 0 Å². The van der Waals surface area contributed by atoms with Gasteiger partial charge in [-0.1, -0.05) is 18.2 Å². The standard InChI is InChI=1S/C17H19FN2O2S/c1-11(13-5-7-14(18)8-6-13)19-17(22)10-15(20-12(2)21)16-4-3-9-23-16/h3-9,11,15H,10H2,1-2H3,(H,19,22)(H,20,21)/t11-,15-/m1/s1. The lowest BCUT2D eigenvalue weighted by atomic mass is 10.1. The number of hydrogen-bond acceptors (Lipinski definition) is 3. The number of amides is 2. The summed E-state index contributed by atoms with van der Waals surface area (Å²) in [5.74, 6) is -0.660. The van der Waals surface area contributed by atoms with Crippen LogP contribution in [0.4, 0.5) is 4.39 Å². The van der Waals surface area contributed by atoms with Gasteiger partial charge in [0.2, 0.25) is 11.8 Å². The summed E-state index contributed by atoms with van der Waals surface area (Å²) in [7, 11) is 0. The summed E-state index contributed by atoms with van der Waals surface area (Å²) in [6.45, 7) is 3.27. The molecule has 2 N–H and O–H groups in total. The van der Waals surface area contributed by atoms with Crippen LogP contribution in [0.15, 0.2) is 41.8 Å². The van der Waals surface area contributed by atoms with Gasteiger partial charge >= 0.3 is 0 Å². The molecule has 2 aromatic rings. The second kappa shape index (κ2) is 7.87. The maximum Gasteiger partial charge on any atom is 0.222 e. The molecule has 0 unspecified atom stereocenters. The molecule has 23 heavy (non-hydrogen) atoms. The number of benzene rings is 1. The average Bonchev–Trinajstić information content (AvgIpc) is 3.00. The SMILES string of the molecule is CC(=O)N[C@H](CC(=O)N[C@H](C)c1ccc(F)cc1)c1cccs1. The van der Waals surface area contributed by atoms with Crippen LogP contribution in [0, 0.1) is 5.82 Å². The third-order valence-electron chi connectivity index (χ3n) is 3.40. The Bertz CT molecular complexity index is 656. The molecule has 0 aliphatic rings. The molecule has 2 rings (SSSR count). The Balaban J connectivity index is 1.98. The second-order valence-corrected chi connectivity index (χ2v) is 6.29. The minimum Gasteiger partial charge on any atom is -0.350 e. The van der Waals surface area contributed by atoms with Crippen LogP contribution >= 0.6 is 11.3 Å². The van der Waals surface area contributed by atoms with Crippen LogP contribution in [0.3, 0.4) is 0 Å². The minimum absolute atomic E-state index is 0.158. The van der Waals surface area contributed by atoms with Crippen molar-refractivity contribution in [3.05, 3.63) is 58.0 Å². The fourth-order valence-electron chi connectivity index (χ4n) is 2.28. The van der Waals surface area contributed by atoms with Crippen molar-refractivity contribution in [2.45, 2.75) is 32.4 Å². The number of carbonyl (C=O) groups is 2. The van der Waals surface area contributed by atoms with E-state index in [0.29, 0.717) is 0 Å². The first-order valence-electron chi connectivity index (χ1n) is 7.31. The molecule has 0 spiro atoms. The summed E-state index contributed by atoms with van der Waals surface area (Å²) in [5, 5.41) is 7.57. The second-order valence-electron chi connectivity index (χ2n) is 5.31. The van der Waals surface area contributed by atoms with Crippen LogP contribution in [0.2, 0.25) is 0 Å². The van der Waals surface area contributed by atoms with Gasteiger partial charge in [0.05, 0.1) is 18.5 Å². The van der Waals surface area contributed by atoms with E-state index in [0.717, 1.165) is 10.4 Å². The predicted molar refractivity (Wildman–Crippen MR) is 88.5 cm³/mol. The van der Waals surface area contributed by atoms with Crippen LogP contribution in [0.25, 0.3) is 0 Å². The van der Waals surface area contributed by atoms with Crippen LogP contribution in [0.5, 0.6) is 0 Å². The monoisotopic (exact) mass is 334 g/mol. The number of rotatable bonds is 6. The van der Waals surface area contributed by atoms with Crippen molar-refractivity contribution in [2.75, 3.05) is 0 Å². The predicted octanol–water partition coefficient (Wildman–Crippen LogP) is 3.33. The minimum atomic E-state index is -0.340. The van der Waals surface area contributed by atoms with Crippen LogP contribution in [-0.2, 0) is 9.59 Å². The van der Waals surface area contributed by atoms with Crippen molar-refractivity contribution >= 4 is 23.2 Å². The van der Waals surface area contributed by atoms with Gasteiger partial charge in [-0.15, -0.1) is 11.3 Å². The van der Waals surface area contributed by atoms with Gasteiger partial charge in [0.25, 0.3) is 0 Å². The van der Waals surface area contributed by atoms with Crippen LogP contribution < -0.4 is 10.6 Å². The van der Waals surface area contributed by atoms with E-state index in [9.17, 15) is 14.0 Å². The van der Waals surface area contributed by atoms with Crippen molar-refractivity contribution in [1.82, 2.24) is 10.6 Å². The molecule has 0 saturated carbocycles. The molecule has 6 heteroatoms. The molecule has 0 aliphatic carbocycles. The van der Waals surface area contributed by atoms with Gasteiger partial charge < -0.3 is 10.6 Å². The topological polar surface area (TPSA) is 58.2 Å². The van der Waals surface area contributed by atoms with Gasteiger partial charge in [0.1, 0.15) is 5.82 Å². The number of thiophene rings is 1. The van der Waals surface area contributed by atoms with Crippen LogP contribution in [0.1, 0.15) is 42.8 Å². The molecule has 0 saturated heterocycles. The summed E-state index contributed by atoms with van der Waals surface area (Å²) < 4.78 is 12.9. The molecule has 0 bridgehead atoms. The molecule has 2 amide bonds. The molecule has 2 atom stereocenters. The molecule has 1 aromatic heterocycles. The lowest BCUT2D eigenvalue weighted by Crippen LogP contribution is -2.33. The normalized spacial score (nSPS) is 13.2. The van der Waals surface area contributed by atoms with E-state index in [1.54, 1.807) is 12.1 Å². The van der Waals surface area contributed by atoms with Gasteiger partial charge in [0, 0.05) is 11.8 Å². The van der Waals surface area contributed by atoms with E-state index in [1.165, 1.54) is 30.4 Å². The maximum absolute atomic E-state index is 12.9. The Labute approximate surface area is 138 Å². The summed E-state index contributed by atoms with van der Waals surface area (Å²) >= 11 is 1.50. The third kappa shape index (κ3) is 5.17. The molecular formula is C17H19FN2O2S. The molecular weight excluding hydrogens is 315 g/mol.